The fourth-order valence-electron chi connectivity index (χ4n) is 2.73. The monoisotopic (exact) mass is 365 g/mol. The molecule has 1 saturated heterocycles. The lowest BCUT2D eigenvalue weighted by atomic mass is 10.2. The maximum atomic E-state index is 12.6. The van der Waals surface area contributed by atoms with Crippen molar-refractivity contribution < 1.29 is 24.0 Å². The van der Waals surface area contributed by atoms with Crippen LogP contribution in [0.15, 0.2) is 28.1 Å². The molecular weight excluding hydrogens is 346 g/mol. The fraction of sp³-hybridized carbons (Fsp3) is 0.438. The molecule has 0 bridgehead atoms. The Morgan fingerprint density at radius 1 is 1.52 bits per heavy atom. The summed E-state index contributed by atoms with van der Waals surface area (Å²) in [6.07, 6.45) is -0.231. The quantitative estimate of drug-likeness (QED) is 0.823. The molecule has 2 aromatic heterocycles. The third-order valence-corrected chi connectivity index (χ3v) is 4.72. The first-order valence-corrected chi connectivity index (χ1v) is 8.72. The van der Waals surface area contributed by atoms with Crippen LogP contribution in [0.4, 0.5) is 0 Å². The van der Waals surface area contributed by atoms with Gasteiger partial charge < -0.3 is 19.3 Å². The summed E-state index contributed by atoms with van der Waals surface area (Å²) in [6, 6.07) is 5.46. The predicted octanol–water partition coefficient (Wildman–Crippen LogP) is 1.26. The lowest BCUT2D eigenvalue weighted by molar-refractivity contribution is -0.138. The van der Waals surface area contributed by atoms with Gasteiger partial charge in [0, 0.05) is 25.7 Å². The Bertz CT molecular complexity index is 730. The van der Waals surface area contributed by atoms with Crippen molar-refractivity contribution in [3.05, 3.63) is 29.3 Å². The lowest BCUT2D eigenvalue weighted by Gasteiger charge is -2.34. The first-order valence-electron chi connectivity index (χ1n) is 7.84. The van der Waals surface area contributed by atoms with Gasteiger partial charge in [-0.05, 0) is 18.5 Å². The molecule has 3 rings (SSSR count). The van der Waals surface area contributed by atoms with E-state index in [0.717, 1.165) is 4.88 Å². The van der Waals surface area contributed by atoms with E-state index in [-0.39, 0.29) is 24.2 Å². The highest BCUT2D eigenvalue weighted by Gasteiger charge is 2.28. The number of ether oxygens (including phenoxy) is 1. The summed E-state index contributed by atoms with van der Waals surface area (Å²) in [6.45, 7) is 1.65. The number of aromatic nitrogens is 1. The second-order valence-corrected chi connectivity index (χ2v) is 6.84. The molecule has 1 atom stereocenters. The van der Waals surface area contributed by atoms with Gasteiger partial charge in [-0.15, -0.1) is 11.3 Å². The summed E-state index contributed by atoms with van der Waals surface area (Å²) < 4.78 is 10.9. The van der Waals surface area contributed by atoms with Crippen LogP contribution in [-0.4, -0.2) is 77.9 Å². The number of carbonyl (C=O) groups is 2. The molecule has 1 unspecified atom stereocenters. The molecule has 134 valence electrons. The Balaban J connectivity index is 1.61. The minimum atomic E-state index is -0.894. The average Bonchev–Trinajstić information content (AvgIpc) is 3.24. The Hall–Kier alpha value is -2.23. The number of likely N-dealkylation sites (N-methyl/N-ethyl adjacent to an activating group) is 1. The van der Waals surface area contributed by atoms with Crippen LogP contribution in [0.5, 0.6) is 0 Å². The van der Waals surface area contributed by atoms with Gasteiger partial charge in [0.1, 0.15) is 0 Å². The summed E-state index contributed by atoms with van der Waals surface area (Å²) in [5.41, 5.74) is 0.267. The van der Waals surface area contributed by atoms with Crippen molar-refractivity contribution in [3.63, 3.8) is 0 Å². The van der Waals surface area contributed by atoms with Crippen LogP contribution in [-0.2, 0) is 9.53 Å². The normalized spacial score (nSPS) is 17.8. The number of rotatable bonds is 6. The van der Waals surface area contributed by atoms with Crippen LogP contribution in [0.1, 0.15) is 10.5 Å². The number of thiophene rings is 1. The molecule has 1 aliphatic rings. The number of hydrogen-bond donors (Lipinski definition) is 1. The van der Waals surface area contributed by atoms with E-state index >= 15 is 0 Å². The van der Waals surface area contributed by atoms with Crippen molar-refractivity contribution in [2.24, 2.45) is 0 Å². The zero-order valence-corrected chi connectivity index (χ0v) is 14.6. The Labute approximate surface area is 148 Å². The van der Waals surface area contributed by atoms with E-state index in [1.807, 2.05) is 17.5 Å². The van der Waals surface area contributed by atoms with Gasteiger partial charge in [0.05, 0.1) is 24.1 Å². The topological polar surface area (TPSA) is 96.1 Å². The van der Waals surface area contributed by atoms with Gasteiger partial charge in [0.15, 0.2) is 11.5 Å². The molecule has 0 aromatic carbocycles. The highest BCUT2D eigenvalue weighted by Crippen LogP contribution is 2.25. The number of carboxylic acid groups (broad SMARTS) is 1. The van der Waals surface area contributed by atoms with Crippen LogP contribution >= 0.6 is 11.3 Å². The second kappa shape index (κ2) is 7.77. The molecule has 25 heavy (non-hydrogen) atoms. The third-order valence-electron chi connectivity index (χ3n) is 3.84. The minimum Gasteiger partial charge on any atom is -0.480 e. The highest BCUT2D eigenvalue weighted by atomic mass is 32.1. The number of carboxylic acids is 1. The van der Waals surface area contributed by atoms with Crippen molar-refractivity contribution in [3.8, 4) is 10.6 Å². The largest absolute Gasteiger partial charge is 0.480 e. The van der Waals surface area contributed by atoms with Gasteiger partial charge in [-0.3, -0.25) is 14.5 Å². The number of hydrogen-bond acceptors (Lipinski definition) is 7. The van der Waals surface area contributed by atoms with Crippen LogP contribution < -0.4 is 0 Å². The number of nitrogens with zero attached hydrogens (tertiary/aromatic N) is 3. The molecule has 9 heteroatoms. The van der Waals surface area contributed by atoms with Crippen molar-refractivity contribution >= 4 is 23.2 Å². The van der Waals surface area contributed by atoms with Gasteiger partial charge in [0.25, 0.3) is 5.91 Å². The van der Waals surface area contributed by atoms with Crippen LogP contribution in [0.25, 0.3) is 10.6 Å². The Morgan fingerprint density at radius 3 is 3.08 bits per heavy atom. The van der Waals surface area contributed by atoms with Crippen molar-refractivity contribution in [2.45, 2.75) is 6.10 Å². The average molecular weight is 365 g/mol. The smallest absolute Gasteiger partial charge is 0.317 e. The van der Waals surface area contributed by atoms with Crippen LogP contribution in [0.2, 0.25) is 0 Å². The standard InChI is InChI=1S/C16H19N3O5S/c1-18(10-15(20)21)8-11-9-19(4-5-23-11)16(22)12-7-13(24-17-12)14-3-2-6-25-14/h2-3,6-7,11H,4-5,8-10H2,1H3,(H,20,21). The van der Waals surface area contributed by atoms with Gasteiger partial charge in [-0.2, -0.15) is 0 Å². The molecule has 1 N–H and O–H groups in total. The van der Waals surface area contributed by atoms with Gasteiger partial charge >= 0.3 is 5.97 Å². The van der Waals surface area contributed by atoms with Gasteiger partial charge in [-0.25, -0.2) is 0 Å². The van der Waals surface area contributed by atoms with E-state index in [1.54, 1.807) is 22.9 Å². The van der Waals surface area contributed by atoms with Crippen molar-refractivity contribution in [2.75, 3.05) is 39.8 Å². The van der Waals surface area contributed by atoms with E-state index in [2.05, 4.69) is 5.16 Å². The number of carbonyl (C=O) groups excluding carboxylic acids is 1. The summed E-state index contributed by atoms with van der Waals surface area (Å²) in [5, 5.41) is 14.6. The maximum absolute atomic E-state index is 12.6. The van der Waals surface area contributed by atoms with Gasteiger partial charge in [-0.1, -0.05) is 11.2 Å². The first kappa shape index (κ1) is 17.6. The van der Waals surface area contributed by atoms with Crippen molar-refractivity contribution in [1.29, 1.82) is 0 Å². The summed E-state index contributed by atoms with van der Waals surface area (Å²) in [4.78, 5) is 27.6. The summed E-state index contributed by atoms with van der Waals surface area (Å²) in [7, 11) is 1.71. The van der Waals surface area contributed by atoms with Crippen LogP contribution in [0, 0.1) is 0 Å². The highest BCUT2D eigenvalue weighted by molar-refractivity contribution is 7.13. The summed E-state index contributed by atoms with van der Waals surface area (Å²) in [5.74, 6) is -0.528. The zero-order valence-electron chi connectivity index (χ0n) is 13.8. The minimum absolute atomic E-state index is 0.0682. The van der Waals surface area contributed by atoms with E-state index in [0.29, 0.717) is 32.0 Å². The zero-order chi connectivity index (χ0) is 17.8. The molecule has 8 nitrogen and oxygen atoms in total. The predicted molar refractivity (Wildman–Crippen MR) is 90.6 cm³/mol. The molecule has 2 aromatic rings. The van der Waals surface area contributed by atoms with E-state index in [4.69, 9.17) is 14.4 Å². The van der Waals surface area contributed by atoms with E-state index in [9.17, 15) is 9.59 Å². The number of amides is 1. The van der Waals surface area contributed by atoms with Crippen molar-refractivity contribution in [1.82, 2.24) is 15.0 Å². The first-order chi connectivity index (χ1) is 12.0. The van der Waals surface area contributed by atoms with Crippen LogP contribution in [0.3, 0.4) is 0 Å². The second-order valence-electron chi connectivity index (χ2n) is 5.89. The Kier molecular flexibility index (Phi) is 5.47. The van der Waals surface area contributed by atoms with Gasteiger partial charge in [0.2, 0.25) is 0 Å². The third kappa shape index (κ3) is 4.44. The molecule has 0 aliphatic carbocycles. The number of morpholine rings is 1. The number of aliphatic carboxylic acids is 1. The molecule has 1 aliphatic heterocycles. The molecule has 0 saturated carbocycles. The molecule has 0 radical (unpaired) electrons. The van der Waals surface area contributed by atoms with E-state index in [1.165, 1.54) is 11.3 Å². The molecular formula is C16H19N3O5S. The maximum Gasteiger partial charge on any atom is 0.317 e. The summed E-state index contributed by atoms with van der Waals surface area (Å²) >= 11 is 1.52. The fourth-order valence-corrected chi connectivity index (χ4v) is 3.40. The molecule has 0 spiro atoms. The SMILES string of the molecule is CN(CC(=O)O)CC1CN(C(=O)c2cc(-c3cccs3)on2)CCO1. The lowest BCUT2D eigenvalue weighted by Crippen LogP contribution is -2.49. The molecule has 1 fully saturated rings. The molecule has 3 heterocycles. The Morgan fingerprint density at radius 2 is 2.36 bits per heavy atom. The molecule has 1 amide bonds. The van der Waals surface area contributed by atoms with E-state index < -0.39 is 5.97 Å².